The molecule has 1 saturated heterocycles. The molecule has 20 heavy (non-hydrogen) atoms. The summed E-state index contributed by atoms with van der Waals surface area (Å²) in [5, 5.41) is 2.19. The Morgan fingerprint density at radius 1 is 1.10 bits per heavy atom. The van der Waals surface area contributed by atoms with E-state index in [-0.39, 0.29) is 30.3 Å². The summed E-state index contributed by atoms with van der Waals surface area (Å²) in [4.78, 5) is 47.8. The van der Waals surface area contributed by atoms with E-state index in [0.29, 0.717) is 15.6 Å². The Balaban J connectivity index is 2.00. The zero-order valence-electron chi connectivity index (χ0n) is 10.3. The highest BCUT2D eigenvalue weighted by Gasteiger charge is 2.48. The zero-order valence-corrected chi connectivity index (χ0v) is 11.9. The molecule has 3 rings (SSSR count). The third-order valence-corrected chi connectivity index (χ3v) is 4.44. The van der Waals surface area contributed by atoms with E-state index in [1.165, 1.54) is 0 Å². The van der Waals surface area contributed by atoms with E-state index in [9.17, 15) is 19.2 Å². The summed E-state index contributed by atoms with van der Waals surface area (Å²) in [5.74, 6) is -3.32. The first-order chi connectivity index (χ1) is 9.50. The zero-order chi connectivity index (χ0) is 14.4. The Bertz CT molecular complexity index is 667. The molecule has 0 radical (unpaired) electrons. The van der Waals surface area contributed by atoms with E-state index in [2.05, 4.69) is 21.2 Å². The standard InChI is InChI=1S/C14H10BrNO4/c15-8-3-1-2-6-10(8)13(19)11(12(6)18)7-4-5-9(17)16-14(7)20/h1-3,7,11H,4-5H2,(H,16,17,20). The van der Waals surface area contributed by atoms with Crippen LogP contribution in [0.4, 0.5) is 0 Å². The van der Waals surface area contributed by atoms with Crippen molar-refractivity contribution in [3.05, 3.63) is 33.8 Å². The van der Waals surface area contributed by atoms with Crippen molar-refractivity contribution in [1.82, 2.24) is 5.32 Å². The lowest BCUT2D eigenvalue weighted by Crippen LogP contribution is -2.46. The normalized spacial score (nSPS) is 25.6. The van der Waals surface area contributed by atoms with Crippen LogP contribution in [0.1, 0.15) is 33.6 Å². The summed E-state index contributed by atoms with van der Waals surface area (Å²) in [6, 6.07) is 4.96. The smallest absolute Gasteiger partial charge is 0.230 e. The number of ketones is 2. The van der Waals surface area contributed by atoms with E-state index < -0.39 is 17.7 Å². The number of hydrogen-bond acceptors (Lipinski definition) is 4. The average Bonchev–Trinajstić information content (AvgIpc) is 2.64. The van der Waals surface area contributed by atoms with Crippen molar-refractivity contribution < 1.29 is 19.2 Å². The van der Waals surface area contributed by atoms with Crippen molar-refractivity contribution in [2.45, 2.75) is 12.8 Å². The molecule has 102 valence electrons. The molecule has 1 N–H and O–H groups in total. The lowest BCUT2D eigenvalue weighted by Gasteiger charge is -2.24. The largest absolute Gasteiger partial charge is 0.296 e. The highest BCUT2D eigenvalue weighted by Crippen LogP contribution is 2.37. The van der Waals surface area contributed by atoms with Crippen molar-refractivity contribution >= 4 is 39.3 Å². The molecule has 1 aromatic carbocycles. The van der Waals surface area contributed by atoms with Crippen LogP contribution < -0.4 is 5.32 Å². The fraction of sp³-hybridized carbons (Fsp3) is 0.286. The molecule has 0 saturated carbocycles. The number of piperidine rings is 1. The van der Waals surface area contributed by atoms with Crippen LogP contribution in [-0.2, 0) is 9.59 Å². The first kappa shape index (κ1) is 13.2. The monoisotopic (exact) mass is 335 g/mol. The maximum atomic E-state index is 12.4. The predicted octanol–water partition coefficient (Wildman–Crippen LogP) is 1.50. The van der Waals surface area contributed by atoms with E-state index in [0.717, 1.165) is 0 Å². The number of rotatable bonds is 1. The molecule has 1 heterocycles. The molecule has 0 bridgehead atoms. The Morgan fingerprint density at radius 2 is 1.85 bits per heavy atom. The summed E-state index contributed by atoms with van der Waals surface area (Å²) in [6.07, 6.45) is 0.392. The molecule has 1 fully saturated rings. The van der Waals surface area contributed by atoms with Gasteiger partial charge in [-0.1, -0.05) is 28.1 Å². The highest BCUT2D eigenvalue weighted by molar-refractivity contribution is 9.10. The summed E-state index contributed by atoms with van der Waals surface area (Å²) < 4.78 is 0.558. The maximum absolute atomic E-state index is 12.4. The van der Waals surface area contributed by atoms with Gasteiger partial charge in [-0.3, -0.25) is 24.5 Å². The fourth-order valence-electron chi connectivity index (χ4n) is 2.82. The first-order valence-electron chi connectivity index (χ1n) is 6.21. The van der Waals surface area contributed by atoms with Crippen molar-refractivity contribution in [3.63, 3.8) is 0 Å². The van der Waals surface area contributed by atoms with Gasteiger partial charge in [-0.05, 0) is 12.5 Å². The van der Waals surface area contributed by atoms with Crippen LogP contribution in [0.25, 0.3) is 0 Å². The van der Waals surface area contributed by atoms with Crippen LogP contribution in [0, 0.1) is 11.8 Å². The second-order valence-electron chi connectivity index (χ2n) is 4.93. The van der Waals surface area contributed by atoms with Gasteiger partial charge in [0.2, 0.25) is 11.8 Å². The summed E-state index contributed by atoms with van der Waals surface area (Å²) in [7, 11) is 0. The minimum atomic E-state index is -1.00. The molecule has 5 nitrogen and oxygen atoms in total. The number of hydrogen-bond donors (Lipinski definition) is 1. The van der Waals surface area contributed by atoms with E-state index in [1.807, 2.05) is 0 Å². The topological polar surface area (TPSA) is 80.3 Å². The quantitative estimate of drug-likeness (QED) is 0.623. The first-order valence-corrected chi connectivity index (χ1v) is 7.00. The number of benzene rings is 1. The third kappa shape index (κ3) is 1.83. The number of fused-ring (bicyclic) bond motifs is 1. The molecule has 2 atom stereocenters. The minimum absolute atomic E-state index is 0.158. The minimum Gasteiger partial charge on any atom is -0.296 e. The molecule has 2 unspecified atom stereocenters. The Labute approximate surface area is 122 Å². The van der Waals surface area contributed by atoms with Crippen LogP contribution >= 0.6 is 15.9 Å². The van der Waals surface area contributed by atoms with Crippen molar-refractivity contribution in [2.75, 3.05) is 0 Å². The highest BCUT2D eigenvalue weighted by atomic mass is 79.9. The van der Waals surface area contributed by atoms with E-state index in [4.69, 9.17) is 0 Å². The van der Waals surface area contributed by atoms with Gasteiger partial charge < -0.3 is 0 Å². The summed E-state index contributed by atoms with van der Waals surface area (Å²) in [5.41, 5.74) is 0.686. The molecule has 1 aliphatic carbocycles. The molecular formula is C14H10BrNO4. The maximum Gasteiger partial charge on any atom is 0.230 e. The van der Waals surface area contributed by atoms with Crippen LogP contribution in [0.5, 0.6) is 0 Å². The van der Waals surface area contributed by atoms with Gasteiger partial charge in [0, 0.05) is 22.0 Å². The van der Waals surface area contributed by atoms with Crippen LogP contribution in [0.3, 0.4) is 0 Å². The number of amides is 2. The van der Waals surface area contributed by atoms with Crippen LogP contribution in [-0.4, -0.2) is 23.4 Å². The van der Waals surface area contributed by atoms with Gasteiger partial charge in [-0.25, -0.2) is 0 Å². The third-order valence-electron chi connectivity index (χ3n) is 3.77. The Hall–Kier alpha value is -1.82. The van der Waals surface area contributed by atoms with Gasteiger partial charge in [0.05, 0.1) is 11.8 Å². The van der Waals surface area contributed by atoms with Gasteiger partial charge in [-0.2, -0.15) is 0 Å². The van der Waals surface area contributed by atoms with E-state index >= 15 is 0 Å². The Morgan fingerprint density at radius 3 is 2.50 bits per heavy atom. The summed E-state index contributed by atoms with van der Waals surface area (Å²) in [6.45, 7) is 0. The second kappa shape index (κ2) is 4.63. The SMILES string of the molecule is O=C1CCC(C2C(=O)c3cccc(Br)c3C2=O)C(=O)N1. The number of nitrogens with one attached hydrogen (secondary N) is 1. The number of carbonyl (C=O) groups is 4. The molecule has 2 aliphatic rings. The average molecular weight is 336 g/mol. The van der Waals surface area contributed by atoms with E-state index in [1.54, 1.807) is 18.2 Å². The van der Waals surface area contributed by atoms with Gasteiger partial charge in [-0.15, -0.1) is 0 Å². The molecule has 2 amide bonds. The van der Waals surface area contributed by atoms with Crippen molar-refractivity contribution in [1.29, 1.82) is 0 Å². The van der Waals surface area contributed by atoms with Gasteiger partial charge in [0.1, 0.15) is 0 Å². The molecule has 6 heteroatoms. The molecule has 1 aromatic rings. The van der Waals surface area contributed by atoms with Crippen molar-refractivity contribution in [2.24, 2.45) is 11.8 Å². The number of carbonyl (C=O) groups excluding carboxylic acids is 4. The van der Waals surface area contributed by atoms with Crippen LogP contribution in [0.15, 0.2) is 22.7 Å². The van der Waals surface area contributed by atoms with Gasteiger partial charge in [0.15, 0.2) is 11.6 Å². The number of Topliss-reactive ketones (excluding diaryl/α,β-unsaturated/α-hetero) is 2. The molecule has 1 aliphatic heterocycles. The summed E-state index contributed by atoms with van der Waals surface area (Å²) >= 11 is 3.26. The predicted molar refractivity (Wildman–Crippen MR) is 72.2 cm³/mol. The van der Waals surface area contributed by atoms with Crippen molar-refractivity contribution in [3.8, 4) is 0 Å². The lowest BCUT2D eigenvalue weighted by molar-refractivity contribution is -0.137. The number of halogens is 1. The lowest BCUT2D eigenvalue weighted by atomic mass is 9.82. The molecular weight excluding hydrogens is 326 g/mol. The second-order valence-corrected chi connectivity index (χ2v) is 5.78. The van der Waals surface area contributed by atoms with Gasteiger partial charge in [0.25, 0.3) is 0 Å². The molecule has 0 aromatic heterocycles. The van der Waals surface area contributed by atoms with Gasteiger partial charge >= 0.3 is 0 Å². The Kier molecular flexibility index (Phi) is 3.05. The molecule has 0 spiro atoms. The van der Waals surface area contributed by atoms with Crippen LogP contribution in [0.2, 0.25) is 0 Å². The fourth-order valence-corrected chi connectivity index (χ4v) is 3.38. The number of imide groups is 1.